The third-order valence-corrected chi connectivity index (χ3v) is 3.25. The van der Waals surface area contributed by atoms with E-state index >= 15 is 0 Å². The highest BCUT2D eigenvalue weighted by molar-refractivity contribution is 6.33. The standard InChI is InChI=1S/C17H16ClFN2O2/c1-11-5-12(2)7-15(6-11)23-10-17(22)21-20-9-13-3-4-14(19)8-16(13)18/h3-9H,10H2,1-2H3,(H,21,22)/b20-9+. The molecule has 2 aromatic rings. The van der Waals surface area contributed by atoms with E-state index in [1.807, 2.05) is 32.0 Å². The van der Waals surface area contributed by atoms with Crippen LogP contribution in [-0.2, 0) is 4.79 Å². The van der Waals surface area contributed by atoms with Crippen LogP contribution in [0, 0.1) is 19.7 Å². The SMILES string of the molecule is Cc1cc(C)cc(OCC(=O)N/N=C/c2ccc(F)cc2Cl)c1. The van der Waals surface area contributed by atoms with Gasteiger partial charge >= 0.3 is 0 Å². The van der Waals surface area contributed by atoms with E-state index in [1.54, 1.807) is 0 Å². The zero-order valence-corrected chi connectivity index (χ0v) is 13.5. The van der Waals surface area contributed by atoms with Crippen LogP contribution in [0.3, 0.4) is 0 Å². The number of nitrogens with one attached hydrogen (secondary N) is 1. The summed E-state index contributed by atoms with van der Waals surface area (Å²) in [6.45, 7) is 3.75. The number of carbonyl (C=O) groups is 1. The number of hydrazone groups is 1. The van der Waals surface area contributed by atoms with Gasteiger partial charge in [0.25, 0.3) is 5.91 Å². The fourth-order valence-electron chi connectivity index (χ4n) is 1.98. The zero-order valence-electron chi connectivity index (χ0n) is 12.8. The molecule has 2 rings (SSSR count). The van der Waals surface area contributed by atoms with E-state index in [9.17, 15) is 9.18 Å². The van der Waals surface area contributed by atoms with Gasteiger partial charge in [0, 0.05) is 5.56 Å². The Labute approximate surface area is 138 Å². The molecule has 0 fully saturated rings. The maximum atomic E-state index is 12.9. The van der Waals surface area contributed by atoms with E-state index < -0.39 is 11.7 Å². The summed E-state index contributed by atoms with van der Waals surface area (Å²) in [5, 5.41) is 3.99. The number of aryl methyl sites for hydroxylation is 2. The molecular formula is C17H16ClFN2O2. The van der Waals surface area contributed by atoms with Crippen molar-refractivity contribution in [2.45, 2.75) is 13.8 Å². The lowest BCUT2D eigenvalue weighted by Crippen LogP contribution is -2.24. The van der Waals surface area contributed by atoms with Crippen molar-refractivity contribution in [1.29, 1.82) is 0 Å². The number of amides is 1. The quantitative estimate of drug-likeness (QED) is 0.670. The van der Waals surface area contributed by atoms with Gasteiger partial charge in [-0.1, -0.05) is 17.7 Å². The minimum absolute atomic E-state index is 0.155. The molecule has 6 heteroatoms. The molecular weight excluding hydrogens is 319 g/mol. The van der Waals surface area contributed by atoms with E-state index in [4.69, 9.17) is 16.3 Å². The van der Waals surface area contributed by atoms with E-state index in [0.29, 0.717) is 11.3 Å². The molecule has 0 spiro atoms. The maximum Gasteiger partial charge on any atom is 0.277 e. The van der Waals surface area contributed by atoms with Gasteiger partial charge in [0.1, 0.15) is 11.6 Å². The molecule has 0 unspecified atom stereocenters. The lowest BCUT2D eigenvalue weighted by Gasteiger charge is -2.07. The molecule has 120 valence electrons. The average Bonchev–Trinajstić information content (AvgIpc) is 2.46. The second-order valence-corrected chi connectivity index (χ2v) is 5.48. The van der Waals surface area contributed by atoms with Gasteiger partial charge in [-0.05, 0) is 55.3 Å². The van der Waals surface area contributed by atoms with Crippen molar-refractivity contribution in [2.75, 3.05) is 6.61 Å². The molecule has 0 aromatic heterocycles. The molecule has 0 aliphatic heterocycles. The van der Waals surface area contributed by atoms with Crippen molar-refractivity contribution in [1.82, 2.24) is 5.43 Å². The number of ether oxygens (including phenoxy) is 1. The van der Waals surface area contributed by atoms with Crippen LogP contribution in [0.1, 0.15) is 16.7 Å². The number of benzene rings is 2. The van der Waals surface area contributed by atoms with Gasteiger partial charge in [-0.15, -0.1) is 0 Å². The summed E-state index contributed by atoms with van der Waals surface area (Å²) in [7, 11) is 0. The third kappa shape index (κ3) is 5.38. The number of nitrogens with zero attached hydrogens (tertiary/aromatic N) is 1. The van der Waals surface area contributed by atoms with Crippen LogP contribution >= 0.6 is 11.6 Å². The van der Waals surface area contributed by atoms with Gasteiger partial charge in [0.2, 0.25) is 0 Å². The van der Waals surface area contributed by atoms with Gasteiger partial charge in [-0.25, -0.2) is 9.82 Å². The van der Waals surface area contributed by atoms with Crippen LogP contribution in [0.5, 0.6) is 5.75 Å². The first-order valence-corrected chi connectivity index (χ1v) is 7.30. The van der Waals surface area contributed by atoms with E-state index in [0.717, 1.165) is 11.1 Å². The molecule has 1 N–H and O–H groups in total. The highest BCUT2D eigenvalue weighted by atomic mass is 35.5. The smallest absolute Gasteiger partial charge is 0.277 e. The highest BCUT2D eigenvalue weighted by Crippen LogP contribution is 2.16. The van der Waals surface area contributed by atoms with E-state index in [1.165, 1.54) is 24.4 Å². The second-order valence-electron chi connectivity index (χ2n) is 5.07. The topological polar surface area (TPSA) is 50.7 Å². The van der Waals surface area contributed by atoms with Gasteiger partial charge in [-0.3, -0.25) is 4.79 Å². The maximum absolute atomic E-state index is 12.9. The Morgan fingerprint density at radius 2 is 1.96 bits per heavy atom. The van der Waals surface area contributed by atoms with Crippen LogP contribution in [0.15, 0.2) is 41.5 Å². The summed E-state index contributed by atoms with van der Waals surface area (Å²) in [6.07, 6.45) is 1.34. The monoisotopic (exact) mass is 334 g/mol. The molecule has 0 radical (unpaired) electrons. The van der Waals surface area contributed by atoms with Gasteiger partial charge in [-0.2, -0.15) is 5.10 Å². The van der Waals surface area contributed by atoms with Crippen LogP contribution in [-0.4, -0.2) is 18.7 Å². The highest BCUT2D eigenvalue weighted by Gasteiger charge is 2.03. The van der Waals surface area contributed by atoms with Crippen LogP contribution in [0.2, 0.25) is 5.02 Å². The van der Waals surface area contributed by atoms with Crippen molar-refractivity contribution in [3.63, 3.8) is 0 Å². The molecule has 2 aromatic carbocycles. The Balaban J connectivity index is 1.86. The molecule has 4 nitrogen and oxygen atoms in total. The molecule has 0 bridgehead atoms. The second kappa shape index (κ2) is 7.74. The summed E-state index contributed by atoms with van der Waals surface area (Å²) in [5.74, 6) is -0.208. The molecule has 1 amide bonds. The number of hydrogen-bond acceptors (Lipinski definition) is 3. The summed E-state index contributed by atoms with van der Waals surface area (Å²) in [6, 6.07) is 9.62. The van der Waals surface area contributed by atoms with E-state index in [2.05, 4.69) is 10.5 Å². The fourth-order valence-corrected chi connectivity index (χ4v) is 2.19. The number of carbonyl (C=O) groups excluding carboxylic acids is 1. The molecule has 0 atom stereocenters. The van der Waals surface area contributed by atoms with Crippen molar-refractivity contribution in [3.8, 4) is 5.75 Å². The van der Waals surface area contributed by atoms with Gasteiger partial charge < -0.3 is 4.74 Å². The predicted octanol–water partition coefficient (Wildman–Crippen LogP) is 3.63. The van der Waals surface area contributed by atoms with Crippen molar-refractivity contribution >= 4 is 23.7 Å². The van der Waals surface area contributed by atoms with Crippen LogP contribution < -0.4 is 10.2 Å². The van der Waals surface area contributed by atoms with Crippen molar-refractivity contribution in [2.24, 2.45) is 5.10 Å². The molecule has 0 aliphatic carbocycles. The molecule has 0 aliphatic rings. The Bertz CT molecular complexity index is 727. The van der Waals surface area contributed by atoms with Crippen LogP contribution in [0.25, 0.3) is 0 Å². The normalized spacial score (nSPS) is 10.8. The Morgan fingerprint density at radius 1 is 1.26 bits per heavy atom. The van der Waals surface area contributed by atoms with Crippen LogP contribution in [0.4, 0.5) is 4.39 Å². The average molecular weight is 335 g/mol. The lowest BCUT2D eigenvalue weighted by molar-refractivity contribution is -0.123. The van der Waals surface area contributed by atoms with Crippen molar-refractivity contribution < 1.29 is 13.9 Å². The number of hydrogen-bond donors (Lipinski definition) is 1. The summed E-state index contributed by atoms with van der Waals surface area (Å²) in [4.78, 5) is 11.7. The molecule has 23 heavy (non-hydrogen) atoms. The zero-order chi connectivity index (χ0) is 16.8. The fraction of sp³-hybridized carbons (Fsp3) is 0.176. The number of halogens is 2. The summed E-state index contributed by atoms with van der Waals surface area (Å²) >= 11 is 5.85. The first-order valence-electron chi connectivity index (χ1n) is 6.92. The molecule has 0 saturated carbocycles. The lowest BCUT2D eigenvalue weighted by atomic mass is 10.1. The first-order chi connectivity index (χ1) is 10.9. The Morgan fingerprint density at radius 3 is 2.61 bits per heavy atom. The minimum Gasteiger partial charge on any atom is -0.484 e. The summed E-state index contributed by atoms with van der Waals surface area (Å²) in [5.41, 5.74) is 4.95. The first kappa shape index (κ1) is 17.0. The van der Waals surface area contributed by atoms with Gasteiger partial charge in [0.15, 0.2) is 6.61 Å². The minimum atomic E-state index is -0.432. The number of rotatable bonds is 5. The molecule has 0 saturated heterocycles. The van der Waals surface area contributed by atoms with Gasteiger partial charge in [0.05, 0.1) is 11.2 Å². The van der Waals surface area contributed by atoms with Crippen molar-refractivity contribution in [3.05, 3.63) is 63.9 Å². The van der Waals surface area contributed by atoms with E-state index in [-0.39, 0.29) is 11.6 Å². The summed E-state index contributed by atoms with van der Waals surface area (Å²) < 4.78 is 18.3. The Hall–Kier alpha value is -2.40. The largest absolute Gasteiger partial charge is 0.484 e. The third-order valence-electron chi connectivity index (χ3n) is 2.92. The Kier molecular flexibility index (Phi) is 5.71. The predicted molar refractivity (Wildman–Crippen MR) is 88.6 cm³/mol. The molecule has 0 heterocycles.